The van der Waals surface area contributed by atoms with Crippen LogP contribution in [-0.4, -0.2) is 51.9 Å². The molecule has 0 radical (unpaired) electrons. The van der Waals surface area contributed by atoms with Crippen molar-refractivity contribution in [2.75, 3.05) is 32.7 Å². The number of piperidine rings is 1. The van der Waals surface area contributed by atoms with Gasteiger partial charge < -0.3 is 10.2 Å². The second-order valence-corrected chi connectivity index (χ2v) is 8.51. The molecule has 0 unspecified atom stereocenters. The average molecular weight is 351 g/mol. The molecule has 24 heavy (non-hydrogen) atoms. The molecule has 2 aliphatic heterocycles. The van der Waals surface area contributed by atoms with Crippen LogP contribution < -0.4 is 10.0 Å². The summed E-state index contributed by atoms with van der Waals surface area (Å²) in [5, 5.41) is 3.42. The lowest BCUT2D eigenvalue weighted by Gasteiger charge is -2.38. The molecule has 7 heteroatoms. The quantitative estimate of drug-likeness (QED) is 0.854. The first kappa shape index (κ1) is 17.4. The predicted octanol–water partition coefficient (Wildman–Crippen LogP) is 1.20. The lowest BCUT2D eigenvalue weighted by atomic mass is 9.78. The van der Waals surface area contributed by atoms with Crippen LogP contribution in [-0.2, 0) is 10.0 Å². The molecule has 2 aliphatic rings. The first-order chi connectivity index (χ1) is 11.5. The van der Waals surface area contributed by atoms with Crippen LogP contribution in [0.25, 0.3) is 0 Å². The van der Waals surface area contributed by atoms with Gasteiger partial charge in [-0.15, -0.1) is 0 Å². The zero-order chi connectivity index (χ0) is 17.2. The van der Waals surface area contributed by atoms with E-state index in [0.29, 0.717) is 17.5 Å². The molecule has 1 aromatic rings. The first-order valence-corrected chi connectivity index (χ1v) is 10.0. The number of carbonyl (C=O) groups excluding carboxylic acids is 1. The van der Waals surface area contributed by atoms with Gasteiger partial charge >= 0.3 is 0 Å². The van der Waals surface area contributed by atoms with Gasteiger partial charge in [-0.3, -0.25) is 4.79 Å². The molecule has 1 spiro atoms. The molecule has 2 heterocycles. The highest BCUT2D eigenvalue weighted by atomic mass is 32.2. The smallest absolute Gasteiger partial charge is 0.253 e. The number of benzene rings is 1. The van der Waals surface area contributed by atoms with Gasteiger partial charge in [0.05, 0.1) is 4.90 Å². The molecule has 3 rings (SSSR count). The number of nitrogens with one attached hydrogen (secondary N) is 2. The molecule has 2 N–H and O–H groups in total. The van der Waals surface area contributed by atoms with E-state index in [1.165, 1.54) is 18.6 Å². The summed E-state index contributed by atoms with van der Waals surface area (Å²) in [4.78, 5) is 14.7. The van der Waals surface area contributed by atoms with E-state index < -0.39 is 10.0 Å². The molecule has 2 saturated heterocycles. The fourth-order valence-electron chi connectivity index (χ4n) is 3.64. The van der Waals surface area contributed by atoms with Gasteiger partial charge in [-0.2, -0.15) is 0 Å². The fraction of sp³-hybridized carbons (Fsp3) is 0.588. The largest absolute Gasteiger partial charge is 0.339 e. The van der Waals surface area contributed by atoms with Crippen LogP contribution >= 0.6 is 0 Å². The number of likely N-dealkylation sites (tertiary alicyclic amines) is 1. The maximum absolute atomic E-state index is 12.6. The number of amides is 1. The zero-order valence-electron chi connectivity index (χ0n) is 14.0. The Bertz CT molecular complexity index is 684. The highest BCUT2D eigenvalue weighted by molar-refractivity contribution is 7.89. The van der Waals surface area contributed by atoms with Crippen molar-refractivity contribution in [2.24, 2.45) is 5.41 Å². The van der Waals surface area contributed by atoms with Crippen LogP contribution in [0, 0.1) is 5.41 Å². The van der Waals surface area contributed by atoms with E-state index in [0.717, 1.165) is 39.0 Å². The fourth-order valence-corrected chi connectivity index (χ4v) is 4.68. The summed E-state index contributed by atoms with van der Waals surface area (Å²) in [6.45, 7) is 5.77. The van der Waals surface area contributed by atoms with E-state index in [2.05, 4.69) is 10.0 Å². The minimum absolute atomic E-state index is 0.0109. The monoisotopic (exact) mass is 351 g/mol. The highest BCUT2D eigenvalue weighted by Crippen LogP contribution is 2.37. The van der Waals surface area contributed by atoms with Gasteiger partial charge in [0.15, 0.2) is 0 Å². The van der Waals surface area contributed by atoms with Crippen LogP contribution in [0.1, 0.15) is 36.5 Å². The van der Waals surface area contributed by atoms with E-state index in [4.69, 9.17) is 0 Å². The van der Waals surface area contributed by atoms with Gasteiger partial charge in [0, 0.05) is 31.7 Å². The minimum Gasteiger partial charge on any atom is -0.339 e. The molecular formula is C17H25N3O3S. The zero-order valence-corrected chi connectivity index (χ0v) is 14.9. The van der Waals surface area contributed by atoms with E-state index in [9.17, 15) is 13.2 Å². The van der Waals surface area contributed by atoms with Gasteiger partial charge in [-0.25, -0.2) is 13.1 Å². The summed E-state index contributed by atoms with van der Waals surface area (Å²) in [6.07, 6.45) is 3.28. The Labute approximate surface area is 143 Å². The summed E-state index contributed by atoms with van der Waals surface area (Å²) in [5.41, 5.74) is 0.923. The lowest BCUT2D eigenvalue weighted by Crippen LogP contribution is -2.44. The maximum Gasteiger partial charge on any atom is 0.253 e. The van der Waals surface area contributed by atoms with Crippen molar-refractivity contribution in [3.05, 3.63) is 29.8 Å². The number of rotatable bonds is 4. The van der Waals surface area contributed by atoms with Crippen LogP contribution in [0.5, 0.6) is 0 Å². The summed E-state index contributed by atoms with van der Waals surface area (Å²) in [5.74, 6) is -0.0109. The number of hydrogen-bond acceptors (Lipinski definition) is 4. The van der Waals surface area contributed by atoms with Gasteiger partial charge in [0.2, 0.25) is 10.0 Å². The second-order valence-electron chi connectivity index (χ2n) is 6.74. The molecule has 1 aromatic carbocycles. The summed E-state index contributed by atoms with van der Waals surface area (Å²) < 4.78 is 26.3. The predicted molar refractivity (Wildman–Crippen MR) is 92.4 cm³/mol. The molecular weight excluding hydrogens is 326 g/mol. The van der Waals surface area contributed by atoms with Crippen molar-refractivity contribution in [3.8, 4) is 0 Å². The van der Waals surface area contributed by atoms with Crippen LogP contribution in [0.4, 0.5) is 0 Å². The third-order valence-corrected chi connectivity index (χ3v) is 6.75. The Morgan fingerprint density at radius 1 is 1.21 bits per heavy atom. The molecule has 6 nitrogen and oxygen atoms in total. The van der Waals surface area contributed by atoms with Crippen molar-refractivity contribution in [1.29, 1.82) is 0 Å². The van der Waals surface area contributed by atoms with Crippen LogP contribution in [0.15, 0.2) is 29.2 Å². The Kier molecular flexibility index (Phi) is 4.94. The third-order valence-electron chi connectivity index (χ3n) is 5.19. The number of nitrogens with zero attached hydrogens (tertiary/aromatic N) is 1. The number of carbonyl (C=O) groups is 1. The van der Waals surface area contributed by atoms with E-state index in [1.807, 2.05) is 4.90 Å². The normalized spacial score (nSPS) is 20.5. The summed E-state index contributed by atoms with van der Waals surface area (Å²) >= 11 is 0. The third kappa shape index (κ3) is 3.48. The van der Waals surface area contributed by atoms with Crippen molar-refractivity contribution < 1.29 is 13.2 Å². The van der Waals surface area contributed by atoms with Gasteiger partial charge in [-0.05, 0) is 55.5 Å². The van der Waals surface area contributed by atoms with Crippen LogP contribution in [0.3, 0.4) is 0 Å². The average Bonchev–Trinajstić information content (AvgIpc) is 3.03. The summed E-state index contributed by atoms with van der Waals surface area (Å²) in [6, 6.07) is 6.21. The number of hydrogen-bond donors (Lipinski definition) is 2. The van der Waals surface area contributed by atoms with E-state index in [1.54, 1.807) is 19.1 Å². The first-order valence-electron chi connectivity index (χ1n) is 8.56. The molecule has 2 fully saturated rings. The Hall–Kier alpha value is -1.44. The second kappa shape index (κ2) is 6.82. The Morgan fingerprint density at radius 3 is 2.42 bits per heavy atom. The van der Waals surface area contributed by atoms with E-state index >= 15 is 0 Å². The van der Waals surface area contributed by atoms with E-state index in [-0.39, 0.29) is 10.8 Å². The highest BCUT2D eigenvalue weighted by Gasteiger charge is 2.38. The summed E-state index contributed by atoms with van der Waals surface area (Å²) in [7, 11) is -3.47. The maximum atomic E-state index is 12.6. The molecule has 0 atom stereocenters. The standard InChI is InChI=1S/C17H25N3O3S/c1-2-19-24(22,23)15-5-3-14(4-6-15)16(21)20-11-8-17(9-12-20)7-10-18-13-17/h3-6,18-19H,2,7-13H2,1H3. The van der Waals surface area contributed by atoms with Crippen molar-refractivity contribution in [1.82, 2.24) is 14.9 Å². The molecule has 0 saturated carbocycles. The minimum atomic E-state index is -3.47. The molecule has 0 bridgehead atoms. The molecule has 0 aliphatic carbocycles. The van der Waals surface area contributed by atoms with Crippen molar-refractivity contribution in [2.45, 2.75) is 31.1 Å². The van der Waals surface area contributed by atoms with Gasteiger partial charge in [-0.1, -0.05) is 6.92 Å². The molecule has 0 aromatic heterocycles. The van der Waals surface area contributed by atoms with Gasteiger partial charge in [0.25, 0.3) is 5.91 Å². The molecule has 1 amide bonds. The Balaban J connectivity index is 1.65. The van der Waals surface area contributed by atoms with Crippen LogP contribution in [0.2, 0.25) is 0 Å². The van der Waals surface area contributed by atoms with Gasteiger partial charge in [0.1, 0.15) is 0 Å². The van der Waals surface area contributed by atoms with Crippen molar-refractivity contribution >= 4 is 15.9 Å². The number of sulfonamides is 1. The Morgan fingerprint density at radius 2 is 1.88 bits per heavy atom. The lowest BCUT2D eigenvalue weighted by molar-refractivity contribution is 0.0607. The SMILES string of the molecule is CCNS(=O)(=O)c1ccc(C(=O)N2CCC3(CCNC3)CC2)cc1. The topological polar surface area (TPSA) is 78.5 Å². The van der Waals surface area contributed by atoms with Crippen molar-refractivity contribution in [3.63, 3.8) is 0 Å². The molecule has 132 valence electrons.